The molecule has 0 saturated carbocycles. The number of fused-ring (bicyclic) bond motifs is 1. The molecule has 3 rings (SSSR count). The van der Waals surface area contributed by atoms with Gasteiger partial charge < -0.3 is 14.8 Å². The van der Waals surface area contributed by atoms with E-state index in [-0.39, 0.29) is 5.91 Å². The molecular weight excluding hydrogens is 372 g/mol. The molecule has 134 valence electrons. The van der Waals surface area contributed by atoms with Crippen LogP contribution in [0.15, 0.2) is 48.7 Å². The average Bonchev–Trinajstić information content (AvgIpc) is 2.98. The number of aromatic nitrogens is 1. The number of hydrogen-bond acceptors (Lipinski definition) is 5. The number of amides is 1. The average molecular weight is 389 g/mol. The van der Waals surface area contributed by atoms with E-state index in [2.05, 4.69) is 10.3 Å². The zero-order valence-electron chi connectivity index (χ0n) is 14.1. The number of nitrogens with one attached hydrogen (secondary N) is 1. The van der Waals surface area contributed by atoms with E-state index in [9.17, 15) is 4.79 Å². The quantitative estimate of drug-likeness (QED) is 0.473. The summed E-state index contributed by atoms with van der Waals surface area (Å²) < 4.78 is 11.5. The highest BCUT2D eigenvalue weighted by atomic mass is 35.5. The maximum Gasteiger partial charge on any atom is 0.248 e. The van der Waals surface area contributed by atoms with E-state index in [0.29, 0.717) is 29.8 Å². The van der Waals surface area contributed by atoms with Crippen LogP contribution in [-0.4, -0.2) is 31.2 Å². The molecule has 0 aliphatic rings. The molecule has 0 radical (unpaired) electrons. The third-order valence-electron chi connectivity index (χ3n) is 3.50. The first-order valence-electron chi connectivity index (χ1n) is 7.92. The molecule has 0 saturated heterocycles. The van der Waals surface area contributed by atoms with Crippen molar-refractivity contribution < 1.29 is 14.3 Å². The van der Waals surface area contributed by atoms with Crippen molar-refractivity contribution in [3.8, 4) is 5.88 Å². The molecule has 0 spiro atoms. The van der Waals surface area contributed by atoms with E-state index in [1.807, 2.05) is 24.3 Å². The summed E-state index contributed by atoms with van der Waals surface area (Å²) in [6.45, 7) is 0.790. The van der Waals surface area contributed by atoms with Crippen molar-refractivity contribution >= 4 is 50.7 Å². The van der Waals surface area contributed by atoms with Crippen molar-refractivity contribution in [3.63, 3.8) is 0 Å². The zero-order valence-corrected chi connectivity index (χ0v) is 15.6. The lowest BCUT2D eigenvalue weighted by atomic mass is 10.2. The lowest BCUT2D eigenvalue weighted by Crippen LogP contribution is -2.12. The van der Waals surface area contributed by atoms with Crippen LogP contribution in [0.25, 0.3) is 16.2 Å². The second kappa shape index (κ2) is 8.80. The van der Waals surface area contributed by atoms with Crippen LogP contribution in [0.2, 0.25) is 5.02 Å². The van der Waals surface area contributed by atoms with Crippen LogP contribution in [0.5, 0.6) is 5.88 Å². The van der Waals surface area contributed by atoms with Crippen LogP contribution in [0.3, 0.4) is 0 Å². The SMILES string of the molecule is COCCOc1ncccc1NC(=O)/C=C/c1sc2ccccc2c1Cl. The number of nitrogens with zero attached hydrogens (tertiary/aromatic N) is 1. The molecule has 1 aromatic carbocycles. The van der Waals surface area contributed by atoms with Crippen molar-refractivity contribution in [2.75, 3.05) is 25.6 Å². The minimum atomic E-state index is -0.289. The molecule has 0 fully saturated rings. The first-order valence-corrected chi connectivity index (χ1v) is 9.11. The van der Waals surface area contributed by atoms with Gasteiger partial charge in [0.2, 0.25) is 11.8 Å². The molecule has 5 nitrogen and oxygen atoms in total. The molecule has 0 aliphatic heterocycles. The van der Waals surface area contributed by atoms with Crippen molar-refractivity contribution in [2.24, 2.45) is 0 Å². The van der Waals surface area contributed by atoms with Crippen molar-refractivity contribution in [3.05, 3.63) is 58.6 Å². The van der Waals surface area contributed by atoms with Crippen LogP contribution < -0.4 is 10.1 Å². The standard InChI is InChI=1S/C19H17ClN2O3S/c1-24-11-12-25-19-14(6-4-10-21-19)22-17(23)9-8-16-18(20)13-5-2-3-7-15(13)26-16/h2-10H,11-12H2,1H3,(H,22,23)/b9-8+. The van der Waals surface area contributed by atoms with Crippen molar-refractivity contribution in [1.29, 1.82) is 0 Å². The summed E-state index contributed by atoms with van der Waals surface area (Å²) in [7, 11) is 1.59. The number of hydrogen-bond donors (Lipinski definition) is 1. The summed E-state index contributed by atoms with van der Waals surface area (Å²) in [6, 6.07) is 11.3. The number of pyridine rings is 1. The first kappa shape index (κ1) is 18.4. The van der Waals surface area contributed by atoms with Crippen LogP contribution >= 0.6 is 22.9 Å². The number of ether oxygens (including phenoxy) is 2. The number of benzene rings is 1. The normalized spacial score (nSPS) is 11.2. The van der Waals surface area contributed by atoms with Crippen LogP contribution in [0.4, 0.5) is 5.69 Å². The summed E-state index contributed by atoms with van der Waals surface area (Å²) in [5.41, 5.74) is 0.501. The van der Waals surface area contributed by atoms with Gasteiger partial charge >= 0.3 is 0 Å². The van der Waals surface area contributed by atoms with E-state index >= 15 is 0 Å². The van der Waals surface area contributed by atoms with Gasteiger partial charge in [-0.15, -0.1) is 11.3 Å². The Bertz CT molecular complexity index is 939. The van der Waals surface area contributed by atoms with Crippen LogP contribution in [-0.2, 0) is 9.53 Å². The third-order valence-corrected chi connectivity index (χ3v) is 5.16. The van der Waals surface area contributed by atoms with E-state index in [0.717, 1.165) is 15.0 Å². The Morgan fingerprint density at radius 3 is 2.92 bits per heavy atom. The van der Waals surface area contributed by atoms with Crippen LogP contribution in [0.1, 0.15) is 4.88 Å². The lowest BCUT2D eigenvalue weighted by Gasteiger charge is -2.09. The van der Waals surface area contributed by atoms with Gasteiger partial charge in [-0.05, 0) is 24.3 Å². The summed E-state index contributed by atoms with van der Waals surface area (Å²) >= 11 is 7.92. The smallest absolute Gasteiger partial charge is 0.248 e. The molecule has 26 heavy (non-hydrogen) atoms. The number of carbonyl (C=O) groups excluding carboxylic acids is 1. The number of rotatable bonds is 7. The Labute approximate surface area is 160 Å². The fourth-order valence-corrected chi connectivity index (χ4v) is 3.69. The number of anilines is 1. The minimum absolute atomic E-state index is 0.289. The minimum Gasteiger partial charge on any atom is -0.474 e. The Morgan fingerprint density at radius 1 is 1.27 bits per heavy atom. The van der Waals surface area contributed by atoms with Gasteiger partial charge in [-0.1, -0.05) is 29.8 Å². The molecule has 2 heterocycles. The maximum absolute atomic E-state index is 12.3. The molecule has 7 heteroatoms. The molecule has 0 unspecified atom stereocenters. The fraction of sp³-hybridized carbons (Fsp3) is 0.158. The molecule has 2 aromatic heterocycles. The van der Waals surface area contributed by atoms with Gasteiger partial charge in [-0.2, -0.15) is 0 Å². The number of thiophene rings is 1. The molecule has 1 amide bonds. The Morgan fingerprint density at radius 2 is 2.12 bits per heavy atom. The maximum atomic E-state index is 12.3. The highest BCUT2D eigenvalue weighted by Gasteiger charge is 2.09. The van der Waals surface area contributed by atoms with Gasteiger partial charge in [0.05, 0.1) is 11.6 Å². The molecule has 1 N–H and O–H groups in total. The lowest BCUT2D eigenvalue weighted by molar-refractivity contribution is -0.111. The Kier molecular flexibility index (Phi) is 6.22. The fourth-order valence-electron chi connectivity index (χ4n) is 2.29. The van der Waals surface area contributed by atoms with Crippen LogP contribution in [0, 0.1) is 0 Å². The highest BCUT2D eigenvalue weighted by Crippen LogP contribution is 2.35. The zero-order chi connectivity index (χ0) is 18.4. The van der Waals surface area contributed by atoms with Gasteiger partial charge in [0.25, 0.3) is 0 Å². The van der Waals surface area contributed by atoms with Gasteiger partial charge in [0, 0.05) is 34.3 Å². The molecule has 0 bridgehead atoms. The van der Waals surface area contributed by atoms with Gasteiger partial charge in [-0.3, -0.25) is 4.79 Å². The third kappa shape index (κ3) is 4.40. The highest BCUT2D eigenvalue weighted by molar-refractivity contribution is 7.20. The largest absolute Gasteiger partial charge is 0.474 e. The number of methoxy groups -OCH3 is 1. The van der Waals surface area contributed by atoms with Gasteiger partial charge in [0.1, 0.15) is 12.3 Å². The molecule has 0 atom stereocenters. The van der Waals surface area contributed by atoms with Crippen molar-refractivity contribution in [2.45, 2.75) is 0 Å². The second-order valence-electron chi connectivity index (χ2n) is 5.30. The van der Waals surface area contributed by atoms with E-state index in [1.165, 1.54) is 17.4 Å². The Balaban J connectivity index is 1.70. The summed E-state index contributed by atoms with van der Waals surface area (Å²) in [5, 5.41) is 4.41. The molecule has 0 aliphatic carbocycles. The van der Waals surface area contributed by atoms with Crippen molar-refractivity contribution in [1.82, 2.24) is 4.98 Å². The van der Waals surface area contributed by atoms with E-state index in [4.69, 9.17) is 21.1 Å². The van der Waals surface area contributed by atoms with E-state index < -0.39 is 0 Å². The monoisotopic (exact) mass is 388 g/mol. The summed E-state index contributed by atoms with van der Waals surface area (Å²) in [4.78, 5) is 17.2. The van der Waals surface area contributed by atoms with Gasteiger partial charge in [-0.25, -0.2) is 4.98 Å². The topological polar surface area (TPSA) is 60.5 Å². The number of carbonyl (C=O) groups is 1. The molecular formula is C19H17ClN2O3S. The van der Waals surface area contributed by atoms with E-state index in [1.54, 1.807) is 31.5 Å². The predicted molar refractivity (Wildman–Crippen MR) is 106 cm³/mol. The molecule has 3 aromatic rings. The summed E-state index contributed by atoms with van der Waals surface area (Å²) in [5.74, 6) is 0.0642. The Hall–Kier alpha value is -2.41. The number of halogens is 1. The first-order chi connectivity index (χ1) is 12.7. The predicted octanol–water partition coefficient (Wildman–Crippen LogP) is 4.63. The second-order valence-corrected chi connectivity index (χ2v) is 6.76. The summed E-state index contributed by atoms with van der Waals surface area (Å²) in [6.07, 6.45) is 4.76. The van der Waals surface area contributed by atoms with Gasteiger partial charge in [0.15, 0.2) is 0 Å².